The van der Waals surface area contributed by atoms with Gasteiger partial charge >= 0.3 is 0 Å². The summed E-state index contributed by atoms with van der Waals surface area (Å²) in [5.41, 5.74) is 0.261. The Hall–Kier alpha value is -0.0300. The van der Waals surface area contributed by atoms with E-state index < -0.39 is 0 Å². The minimum absolute atomic E-state index is 0.157. The van der Waals surface area contributed by atoms with Gasteiger partial charge in [-0.15, -0.1) is 23.4 Å². The van der Waals surface area contributed by atoms with Crippen molar-refractivity contribution in [3.8, 4) is 0 Å². The first-order valence-electron chi connectivity index (χ1n) is 4.66. The fraction of sp³-hybridized carbons (Fsp3) is 0.400. The Morgan fingerprint density at radius 3 is 2.94 bits per heavy atom. The van der Waals surface area contributed by atoms with E-state index in [-0.39, 0.29) is 5.56 Å². The number of nitrogens with zero attached hydrogens (tertiary/aromatic N) is 1. The number of halogens is 2. The molecule has 1 aromatic rings. The van der Waals surface area contributed by atoms with E-state index in [0.29, 0.717) is 20.7 Å². The molecule has 0 saturated carbocycles. The monoisotopic (exact) mass is 295 g/mol. The molecule has 2 nitrogen and oxygen atoms in total. The van der Waals surface area contributed by atoms with Gasteiger partial charge in [-0.1, -0.05) is 23.8 Å². The third-order valence-corrected chi connectivity index (χ3v) is 4.03. The van der Waals surface area contributed by atoms with E-state index in [2.05, 4.69) is 0 Å². The fourth-order valence-corrected chi connectivity index (χ4v) is 2.98. The Kier molecular flexibility index (Phi) is 5.83. The summed E-state index contributed by atoms with van der Waals surface area (Å²) in [6, 6.07) is 1.67. The largest absolute Gasteiger partial charge is 0.318 e. The van der Waals surface area contributed by atoms with Gasteiger partial charge in [0.25, 0.3) is 5.56 Å². The predicted molar refractivity (Wildman–Crippen MR) is 76.2 cm³/mol. The van der Waals surface area contributed by atoms with Gasteiger partial charge < -0.3 is 4.57 Å². The van der Waals surface area contributed by atoms with Crippen LogP contribution < -0.4 is 5.56 Å². The summed E-state index contributed by atoms with van der Waals surface area (Å²) in [5, 5.41) is 0.409. The smallest absolute Gasteiger partial charge is 0.261 e. The SMILES string of the molecule is Cn1ccc(Cl)c(C(=S)SCCCCl)c1=O. The maximum absolute atomic E-state index is 11.8. The standard InChI is InChI=1S/C10H11Cl2NOS2/c1-13-5-3-7(12)8(9(13)14)10(15)16-6-2-4-11/h3,5H,2,4,6H2,1H3. The first-order chi connectivity index (χ1) is 7.57. The Morgan fingerprint density at radius 2 is 2.31 bits per heavy atom. The molecule has 0 aliphatic carbocycles. The van der Waals surface area contributed by atoms with Crippen LogP contribution in [0.15, 0.2) is 17.1 Å². The average molecular weight is 296 g/mol. The molecule has 0 aliphatic heterocycles. The van der Waals surface area contributed by atoms with E-state index in [9.17, 15) is 4.79 Å². The van der Waals surface area contributed by atoms with Crippen LogP contribution in [0.4, 0.5) is 0 Å². The van der Waals surface area contributed by atoms with Crippen LogP contribution in [0.2, 0.25) is 5.02 Å². The number of rotatable bonds is 4. The second-order valence-corrected chi connectivity index (χ2v) is 5.69. The van der Waals surface area contributed by atoms with Gasteiger partial charge in [0.1, 0.15) is 0 Å². The Bertz CT molecular complexity index is 445. The number of aryl methyl sites for hydroxylation is 1. The molecule has 0 fully saturated rings. The number of thiocarbonyl (C=S) groups is 1. The topological polar surface area (TPSA) is 22.0 Å². The summed E-state index contributed by atoms with van der Waals surface area (Å²) in [6.07, 6.45) is 2.48. The fourth-order valence-electron chi connectivity index (χ4n) is 1.08. The van der Waals surface area contributed by atoms with Gasteiger partial charge in [0, 0.05) is 19.1 Å². The number of thioether (sulfide) groups is 1. The molecule has 0 bridgehead atoms. The van der Waals surface area contributed by atoms with Crippen LogP contribution in [0.3, 0.4) is 0 Å². The number of alkyl halides is 1. The maximum Gasteiger partial charge on any atom is 0.261 e. The normalized spacial score (nSPS) is 10.4. The van der Waals surface area contributed by atoms with Crippen LogP contribution in [-0.2, 0) is 7.05 Å². The number of aromatic nitrogens is 1. The van der Waals surface area contributed by atoms with Crippen molar-refractivity contribution in [3.05, 3.63) is 33.2 Å². The average Bonchev–Trinajstić information content (AvgIpc) is 2.24. The second kappa shape index (κ2) is 6.64. The molecule has 1 heterocycles. The first kappa shape index (κ1) is 14.0. The van der Waals surface area contributed by atoms with Crippen molar-refractivity contribution in [2.24, 2.45) is 7.05 Å². The highest BCUT2D eigenvalue weighted by Gasteiger charge is 2.12. The lowest BCUT2D eigenvalue weighted by Gasteiger charge is -2.06. The van der Waals surface area contributed by atoms with Crippen LogP contribution in [0, 0.1) is 0 Å². The highest BCUT2D eigenvalue weighted by Crippen LogP contribution is 2.19. The van der Waals surface area contributed by atoms with E-state index in [1.165, 1.54) is 16.3 Å². The lowest BCUT2D eigenvalue weighted by Crippen LogP contribution is -2.22. The third-order valence-electron chi connectivity index (χ3n) is 1.93. The van der Waals surface area contributed by atoms with Crippen LogP contribution in [-0.4, -0.2) is 20.4 Å². The van der Waals surface area contributed by atoms with Crippen molar-refractivity contribution in [3.63, 3.8) is 0 Å². The van der Waals surface area contributed by atoms with Gasteiger partial charge in [0.15, 0.2) is 0 Å². The molecule has 0 N–H and O–H groups in total. The molecule has 0 amide bonds. The van der Waals surface area contributed by atoms with Crippen molar-refractivity contribution >= 4 is 51.4 Å². The molecule has 1 rings (SSSR count). The highest BCUT2D eigenvalue weighted by molar-refractivity contribution is 8.23. The molecule has 0 unspecified atom stereocenters. The van der Waals surface area contributed by atoms with E-state index in [4.69, 9.17) is 35.4 Å². The van der Waals surface area contributed by atoms with Crippen molar-refractivity contribution in [1.29, 1.82) is 0 Å². The van der Waals surface area contributed by atoms with E-state index >= 15 is 0 Å². The molecular weight excluding hydrogens is 285 g/mol. The van der Waals surface area contributed by atoms with Crippen LogP contribution in [0.5, 0.6) is 0 Å². The summed E-state index contributed by atoms with van der Waals surface area (Å²) < 4.78 is 2.01. The molecule has 0 spiro atoms. The Balaban J connectivity index is 2.91. The minimum Gasteiger partial charge on any atom is -0.318 e. The third kappa shape index (κ3) is 3.48. The molecular formula is C10H11Cl2NOS2. The predicted octanol–water partition coefficient (Wildman–Crippen LogP) is 3.08. The van der Waals surface area contributed by atoms with Crippen LogP contribution >= 0.6 is 47.2 Å². The lowest BCUT2D eigenvalue weighted by atomic mass is 10.3. The van der Waals surface area contributed by atoms with Gasteiger partial charge in [0.2, 0.25) is 0 Å². The zero-order valence-corrected chi connectivity index (χ0v) is 11.8. The number of hydrogen-bond donors (Lipinski definition) is 0. The van der Waals surface area contributed by atoms with Crippen molar-refractivity contribution in [2.45, 2.75) is 6.42 Å². The number of pyridine rings is 1. The summed E-state index contributed by atoms with van der Waals surface area (Å²) in [6.45, 7) is 0. The van der Waals surface area contributed by atoms with Gasteiger partial charge in [-0.2, -0.15) is 0 Å². The van der Waals surface area contributed by atoms with Crippen molar-refractivity contribution in [2.75, 3.05) is 11.6 Å². The quantitative estimate of drug-likeness (QED) is 0.484. The zero-order chi connectivity index (χ0) is 12.1. The molecule has 0 saturated heterocycles. The van der Waals surface area contributed by atoms with E-state index in [0.717, 1.165) is 12.2 Å². The summed E-state index contributed by atoms with van der Waals surface area (Å²) in [4.78, 5) is 11.8. The lowest BCUT2D eigenvalue weighted by molar-refractivity contribution is 0.858. The highest BCUT2D eigenvalue weighted by atomic mass is 35.5. The number of hydrogen-bond acceptors (Lipinski definition) is 3. The maximum atomic E-state index is 11.8. The van der Waals surface area contributed by atoms with Gasteiger partial charge in [-0.05, 0) is 18.2 Å². The molecule has 0 aliphatic rings. The summed E-state index contributed by atoms with van der Waals surface area (Å²) in [5.74, 6) is 1.40. The Labute approximate surface area is 114 Å². The van der Waals surface area contributed by atoms with Gasteiger partial charge in [-0.25, -0.2) is 0 Å². The van der Waals surface area contributed by atoms with Crippen molar-refractivity contribution < 1.29 is 0 Å². The van der Waals surface area contributed by atoms with E-state index in [1.807, 2.05) is 0 Å². The second-order valence-electron chi connectivity index (χ2n) is 3.13. The summed E-state index contributed by atoms with van der Waals surface area (Å²) >= 11 is 18.2. The minimum atomic E-state index is -0.157. The molecule has 6 heteroatoms. The van der Waals surface area contributed by atoms with Gasteiger partial charge in [0.05, 0.1) is 14.8 Å². The van der Waals surface area contributed by atoms with E-state index in [1.54, 1.807) is 19.3 Å². The molecule has 0 aromatic carbocycles. The molecule has 0 atom stereocenters. The van der Waals surface area contributed by atoms with Crippen LogP contribution in [0.25, 0.3) is 0 Å². The summed E-state index contributed by atoms with van der Waals surface area (Å²) in [7, 11) is 1.67. The Morgan fingerprint density at radius 1 is 1.62 bits per heavy atom. The first-order valence-corrected chi connectivity index (χ1v) is 6.96. The zero-order valence-electron chi connectivity index (χ0n) is 8.70. The van der Waals surface area contributed by atoms with Crippen molar-refractivity contribution in [1.82, 2.24) is 4.57 Å². The molecule has 16 heavy (non-hydrogen) atoms. The molecule has 1 aromatic heterocycles. The van der Waals surface area contributed by atoms with Gasteiger partial charge in [-0.3, -0.25) is 4.79 Å². The molecule has 0 radical (unpaired) electrons. The van der Waals surface area contributed by atoms with Crippen LogP contribution in [0.1, 0.15) is 12.0 Å². The molecule has 88 valence electrons.